The standard InChI is InChI=1S/C17H24N2O3/c1-22-16-7-4-14(5-8-16)3-2-11-19-12-10-15(13-19)6-9-17(20)18-21/h4-5,7-8,10,21H,2-3,6,9,11-13H2,1H3,(H,18,20). The van der Waals surface area contributed by atoms with Gasteiger partial charge < -0.3 is 4.74 Å². The molecule has 120 valence electrons. The van der Waals surface area contributed by atoms with Crippen molar-refractivity contribution in [2.75, 3.05) is 26.7 Å². The zero-order valence-corrected chi connectivity index (χ0v) is 13.0. The summed E-state index contributed by atoms with van der Waals surface area (Å²) < 4.78 is 5.16. The van der Waals surface area contributed by atoms with Crippen molar-refractivity contribution >= 4 is 5.91 Å². The van der Waals surface area contributed by atoms with E-state index in [1.54, 1.807) is 12.6 Å². The molecule has 1 aliphatic rings. The van der Waals surface area contributed by atoms with Crippen LogP contribution in [0.5, 0.6) is 5.75 Å². The molecule has 0 aliphatic carbocycles. The third-order valence-electron chi connectivity index (χ3n) is 3.96. The van der Waals surface area contributed by atoms with E-state index in [4.69, 9.17) is 9.94 Å². The Hall–Kier alpha value is -1.85. The van der Waals surface area contributed by atoms with E-state index in [-0.39, 0.29) is 5.91 Å². The van der Waals surface area contributed by atoms with Gasteiger partial charge in [-0.25, -0.2) is 5.48 Å². The van der Waals surface area contributed by atoms with Gasteiger partial charge in [0, 0.05) is 19.5 Å². The van der Waals surface area contributed by atoms with Gasteiger partial charge in [0.2, 0.25) is 5.91 Å². The van der Waals surface area contributed by atoms with Gasteiger partial charge in [0.15, 0.2) is 0 Å². The van der Waals surface area contributed by atoms with Crippen molar-refractivity contribution in [3.8, 4) is 5.75 Å². The molecule has 1 aliphatic heterocycles. The van der Waals surface area contributed by atoms with Crippen LogP contribution in [0, 0.1) is 0 Å². The fourth-order valence-corrected chi connectivity index (χ4v) is 2.65. The Bertz CT molecular complexity index is 511. The number of hydrogen-bond donors (Lipinski definition) is 2. The number of carbonyl (C=O) groups excluding carboxylic acids is 1. The number of hydrogen-bond acceptors (Lipinski definition) is 4. The number of hydroxylamine groups is 1. The molecule has 1 aromatic carbocycles. The Balaban J connectivity index is 1.63. The van der Waals surface area contributed by atoms with E-state index >= 15 is 0 Å². The number of nitrogens with one attached hydrogen (secondary N) is 1. The van der Waals surface area contributed by atoms with Crippen molar-refractivity contribution in [2.45, 2.75) is 25.7 Å². The number of nitrogens with zero attached hydrogens (tertiary/aromatic N) is 1. The van der Waals surface area contributed by atoms with Gasteiger partial charge in [-0.05, 0) is 43.5 Å². The maximum Gasteiger partial charge on any atom is 0.243 e. The molecule has 0 saturated carbocycles. The minimum Gasteiger partial charge on any atom is -0.497 e. The molecule has 0 radical (unpaired) electrons. The van der Waals surface area contributed by atoms with Crippen molar-refractivity contribution in [3.63, 3.8) is 0 Å². The molecular weight excluding hydrogens is 280 g/mol. The van der Waals surface area contributed by atoms with Gasteiger partial charge in [-0.2, -0.15) is 0 Å². The Morgan fingerprint density at radius 1 is 1.32 bits per heavy atom. The van der Waals surface area contributed by atoms with Crippen LogP contribution in [-0.4, -0.2) is 42.8 Å². The predicted molar refractivity (Wildman–Crippen MR) is 85.0 cm³/mol. The first-order chi connectivity index (χ1) is 10.7. The van der Waals surface area contributed by atoms with Crippen molar-refractivity contribution in [1.29, 1.82) is 0 Å². The first-order valence-electron chi connectivity index (χ1n) is 7.67. The van der Waals surface area contributed by atoms with Crippen LogP contribution >= 0.6 is 0 Å². The largest absolute Gasteiger partial charge is 0.497 e. The molecule has 2 rings (SSSR count). The fourth-order valence-electron chi connectivity index (χ4n) is 2.65. The molecule has 5 heteroatoms. The van der Waals surface area contributed by atoms with E-state index in [9.17, 15) is 4.79 Å². The third-order valence-corrected chi connectivity index (χ3v) is 3.96. The second-order valence-electron chi connectivity index (χ2n) is 5.58. The summed E-state index contributed by atoms with van der Waals surface area (Å²) in [5.41, 5.74) is 4.28. The van der Waals surface area contributed by atoms with Crippen molar-refractivity contribution < 1.29 is 14.7 Å². The number of benzene rings is 1. The minimum atomic E-state index is -0.321. The molecule has 22 heavy (non-hydrogen) atoms. The van der Waals surface area contributed by atoms with Gasteiger partial charge in [-0.1, -0.05) is 23.8 Å². The summed E-state index contributed by atoms with van der Waals surface area (Å²) in [5, 5.41) is 8.48. The van der Waals surface area contributed by atoms with E-state index in [0.717, 1.165) is 44.6 Å². The average molecular weight is 304 g/mol. The second kappa shape index (κ2) is 8.56. The average Bonchev–Trinajstić information content (AvgIpc) is 3.01. The summed E-state index contributed by atoms with van der Waals surface area (Å²) >= 11 is 0. The van der Waals surface area contributed by atoms with Gasteiger partial charge in [0.25, 0.3) is 0 Å². The highest BCUT2D eigenvalue weighted by atomic mass is 16.5. The molecule has 2 N–H and O–H groups in total. The number of ether oxygens (including phenoxy) is 1. The van der Waals surface area contributed by atoms with Crippen LogP contribution < -0.4 is 10.2 Å². The van der Waals surface area contributed by atoms with Crippen LogP contribution in [0.1, 0.15) is 24.8 Å². The van der Waals surface area contributed by atoms with Gasteiger partial charge in [0.1, 0.15) is 5.75 Å². The summed E-state index contributed by atoms with van der Waals surface area (Å²) in [6.45, 7) is 2.94. The highest BCUT2D eigenvalue weighted by Gasteiger charge is 2.14. The number of amides is 1. The van der Waals surface area contributed by atoms with Crippen LogP contribution in [-0.2, 0) is 11.2 Å². The lowest BCUT2D eigenvalue weighted by Crippen LogP contribution is -2.23. The van der Waals surface area contributed by atoms with Gasteiger partial charge in [-0.3, -0.25) is 14.9 Å². The monoisotopic (exact) mass is 304 g/mol. The molecular formula is C17H24N2O3. The Morgan fingerprint density at radius 2 is 2.09 bits per heavy atom. The molecule has 0 spiro atoms. The van der Waals surface area contributed by atoms with Gasteiger partial charge in [0.05, 0.1) is 7.11 Å². The molecule has 0 saturated heterocycles. The summed E-state index contributed by atoms with van der Waals surface area (Å²) in [7, 11) is 1.68. The Morgan fingerprint density at radius 3 is 2.77 bits per heavy atom. The maximum absolute atomic E-state index is 11.0. The predicted octanol–water partition coefficient (Wildman–Crippen LogP) is 2.16. The summed E-state index contributed by atoms with van der Waals surface area (Å²) in [6.07, 6.45) is 5.44. The summed E-state index contributed by atoms with van der Waals surface area (Å²) in [4.78, 5) is 13.4. The molecule has 0 unspecified atom stereocenters. The minimum absolute atomic E-state index is 0.321. The molecule has 0 aromatic heterocycles. The van der Waals surface area contributed by atoms with E-state index in [2.05, 4.69) is 23.1 Å². The van der Waals surface area contributed by atoms with Crippen molar-refractivity contribution in [3.05, 3.63) is 41.5 Å². The van der Waals surface area contributed by atoms with E-state index in [1.165, 1.54) is 11.1 Å². The maximum atomic E-state index is 11.0. The van der Waals surface area contributed by atoms with Crippen LogP contribution in [0.3, 0.4) is 0 Å². The Kier molecular flexibility index (Phi) is 6.43. The molecule has 0 bridgehead atoms. The topological polar surface area (TPSA) is 61.8 Å². The Labute approximate surface area is 131 Å². The van der Waals surface area contributed by atoms with E-state index in [0.29, 0.717) is 6.42 Å². The van der Waals surface area contributed by atoms with Gasteiger partial charge in [-0.15, -0.1) is 0 Å². The first-order valence-corrected chi connectivity index (χ1v) is 7.67. The molecule has 1 aromatic rings. The lowest BCUT2D eigenvalue weighted by atomic mass is 10.1. The van der Waals surface area contributed by atoms with Crippen LogP contribution in [0.25, 0.3) is 0 Å². The molecule has 0 atom stereocenters. The smallest absolute Gasteiger partial charge is 0.243 e. The second-order valence-corrected chi connectivity index (χ2v) is 5.58. The van der Waals surface area contributed by atoms with Crippen molar-refractivity contribution in [1.82, 2.24) is 10.4 Å². The SMILES string of the molecule is COc1ccc(CCCN2CC=C(CCC(=O)NO)C2)cc1. The quantitative estimate of drug-likeness (QED) is 0.439. The number of methoxy groups -OCH3 is 1. The van der Waals surface area contributed by atoms with E-state index in [1.807, 2.05) is 12.1 Å². The highest BCUT2D eigenvalue weighted by molar-refractivity contribution is 5.74. The van der Waals surface area contributed by atoms with Crippen LogP contribution in [0.15, 0.2) is 35.9 Å². The number of rotatable bonds is 8. The normalized spacial score (nSPS) is 14.7. The number of aryl methyl sites for hydroxylation is 1. The zero-order chi connectivity index (χ0) is 15.8. The third kappa shape index (κ3) is 5.16. The molecule has 1 heterocycles. The summed E-state index contributed by atoms with van der Waals surface area (Å²) in [6, 6.07) is 8.22. The lowest BCUT2D eigenvalue weighted by molar-refractivity contribution is -0.129. The molecule has 5 nitrogen and oxygen atoms in total. The molecule has 0 fully saturated rings. The van der Waals surface area contributed by atoms with Crippen LogP contribution in [0.2, 0.25) is 0 Å². The van der Waals surface area contributed by atoms with Gasteiger partial charge >= 0.3 is 0 Å². The zero-order valence-electron chi connectivity index (χ0n) is 13.0. The fraction of sp³-hybridized carbons (Fsp3) is 0.471. The first kappa shape index (κ1) is 16.5. The summed E-state index contributed by atoms with van der Waals surface area (Å²) in [5.74, 6) is 0.572. The van der Waals surface area contributed by atoms with E-state index < -0.39 is 0 Å². The van der Waals surface area contributed by atoms with Crippen LogP contribution in [0.4, 0.5) is 0 Å². The van der Waals surface area contributed by atoms with Crippen molar-refractivity contribution in [2.24, 2.45) is 0 Å². The highest BCUT2D eigenvalue weighted by Crippen LogP contribution is 2.16. The number of carbonyl (C=O) groups is 1. The molecule has 1 amide bonds. The lowest BCUT2D eigenvalue weighted by Gasteiger charge is -2.15.